The molecule has 5 radical (unpaired) electrons. The normalized spacial score (nSPS) is 18.4. The third-order valence-corrected chi connectivity index (χ3v) is 2.16. The molecule has 0 aromatic rings. The highest BCUT2D eigenvalue weighted by Gasteiger charge is 2.28. The van der Waals surface area contributed by atoms with Crippen LogP contribution in [0.3, 0.4) is 0 Å². The minimum absolute atomic E-state index is 0.238. The summed E-state index contributed by atoms with van der Waals surface area (Å²) in [6.45, 7) is 5.17. The van der Waals surface area contributed by atoms with Crippen molar-refractivity contribution in [3.05, 3.63) is 31.6 Å². The first kappa shape index (κ1) is 14.8. The number of rotatable bonds is 4. The smallest absolute Gasteiger partial charge is 0.408 e. The molecule has 0 aromatic heterocycles. The Morgan fingerprint density at radius 1 is 1.33 bits per heavy atom. The summed E-state index contributed by atoms with van der Waals surface area (Å²) in [6.07, 6.45) is 6.78. The molecule has 5 heteroatoms. The molecule has 1 rings (SSSR count). The van der Waals surface area contributed by atoms with Gasteiger partial charge in [0.1, 0.15) is 11.6 Å². The van der Waals surface area contributed by atoms with Crippen LogP contribution in [0.1, 0.15) is 27.2 Å². The van der Waals surface area contributed by atoms with Crippen molar-refractivity contribution in [3.63, 3.8) is 0 Å². The standard InChI is InChI=1S/C13H18NO4/c1-13(2,3)18-12(17)14-10(11(15)16)8-9-6-4-5-7-9/h4-7,10H,8H2,1-3H3,(H,14,17)(H,15,16)/t10-/m0/s1. The predicted octanol–water partition coefficient (Wildman–Crippen LogP) is 1.76. The van der Waals surface area contributed by atoms with Gasteiger partial charge in [-0.1, -0.05) is 0 Å². The van der Waals surface area contributed by atoms with Crippen molar-refractivity contribution in [2.24, 2.45) is 0 Å². The summed E-state index contributed by atoms with van der Waals surface area (Å²) in [5.74, 6) is -0.222. The fourth-order valence-corrected chi connectivity index (χ4v) is 1.44. The highest BCUT2D eigenvalue weighted by molar-refractivity contribution is 5.80. The summed E-state index contributed by atoms with van der Waals surface area (Å²) in [5.41, 5.74) is -0.645. The van der Waals surface area contributed by atoms with Crippen LogP contribution < -0.4 is 5.32 Å². The van der Waals surface area contributed by atoms with Crippen molar-refractivity contribution < 1.29 is 19.4 Å². The van der Waals surface area contributed by atoms with E-state index in [2.05, 4.69) is 5.32 Å². The molecule has 0 aromatic carbocycles. The fourth-order valence-electron chi connectivity index (χ4n) is 1.44. The molecule has 0 heterocycles. The summed E-state index contributed by atoms with van der Waals surface area (Å²) in [4.78, 5) is 22.6. The third-order valence-electron chi connectivity index (χ3n) is 2.16. The van der Waals surface area contributed by atoms with E-state index in [-0.39, 0.29) is 6.42 Å². The Kier molecular flexibility index (Phi) is 4.99. The zero-order chi connectivity index (χ0) is 13.8. The molecule has 2 N–H and O–H groups in total. The maximum atomic E-state index is 11.5. The average molecular weight is 252 g/mol. The maximum Gasteiger partial charge on any atom is 0.408 e. The van der Waals surface area contributed by atoms with Crippen molar-refractivity contribution >= 4 is 12.1 Å². The summed E-state index contributed by atoms with van der Waals surface area (Å²) in [6, 6.07) is -0.984. The molecule has 0 unspecified atom stereocenters. The molecule has 5 nitrogen and oxygen atoms in total. The maximum absolute atomic E-state index is 11.5. The highest BCUT2D eigenvalue weighted by Crippen LogP contribution is 2.27. The monoisotopic (exact) mass is 252 g/mol. The number of carboxylic acids is 1. The van der Waals surface area contributed by atoms with Crippen LogP contribution in [0, 0.1) is 31.6 Å². The number of hydrogen-bond donors (Lipinski definition) is 2. The van der Waals surface area contributed by atoms with Crippen LogP contribution >= 0.6 is 0 Å². The zero-order valence-corrected chi connectivity index (χ0v) is 10.8. The van der Waals surface area contributed by atoms with Gasteiger partial charge >= 0.3 is 12.1 Å². The molecule has 1 atom stereocenters. The number of aliphatic carboxylic acids is 1. The molecule has 1 amide bonds. The predicted molar refractivity (Wildman–Crippen MR) is 65.9 cm³/mol. The van der Waals surface area contributed by atoms with E-state index in [1.807, 2.05) is 25.7 Å². The summed E-state index contributed by atoms with van der Waals surface area (Å²) in [7, 11) is 0. The average Bonchev–Trinajstić information content (AvgIpc) is 2.66. The van der Waals surface area contributed by atoms with E-state index in [0.29, 0.717) is 0 Å². The van der Waals surface area contributed by atoms with Crippen molar-refractivity contribution in [1.29, 1.82) is 0 Å². The van der Waals surface area contributed by atoms with E-state index < -0.39 is 23.7 Å². The van der Waals surface area contributed by atoms with Gasteiger partial charge in [-0.2, -0.15) is 0 Å². The number of ether oxygens (including phenoxy) is 1. The minimum Gasteiger partial charge on any atom is -0.480 e. The van der Waals surface area contributed by atoms with Crippen molar-refractivity contribution in [1.82, 2.24) is 5.32 Å². The van der Waals surface area contributed by atoms with Crippen LogP contribution in [-0.2, 0) is 9.53 Å². The molecule has 0 aliphatic heterocycles. The first-order valence-corrected chi connectivity index (χ1v) is 5.71. The fraction of sp³-hybridized carbons (Fsp3) is 0.462. The van der Waals surface area contributed by atoms with E-state index in [0.717, 1.165) is 5.92 Å². The van der Waals surface area contributed by atoms with Crippen molar-refractivity contribution in [2.75, 3.05) is 0 Å². The third kappa shape index (κ3) is 5.38. The van der Waals surface area contributed by atoms with Gasteiger partial charge in [-0.25, -0.2) is 9.59 Å². The number of carboxylic acid groups (broad SMARTS) is 1. The van der Waals surface area contributed by atoms with Gasteiger partial charge in [0.25, 0.3) is 0 Å². The van der Waals surface area contributed by atoms with Gasteiger partial charge in [-0.15, -0.1) is 0 Å². The lowest BCUT2D eigenvalue weighted by atomic mass is 9.98. The lowest BCUT2D eigenvalue weighted by Gasteiger charge is -2.22. The molecule has 1 saturated carbocycles. The first-order chi connectivity index (χ1) is 8.28. The molecule has 99 valence electrons. The minimum atomic E-state index is -1.08. The van der Waals surface area contributed by atoms with Crippen molar-refractivity contribution in [2.45, 2.75) is 38.8 Å². The van der Waals surface area contributed by atoms with E-state index >= 15 is 0 Å². The summed E-state index contributed by atoms with van der Waals surface area (Å²) < 4.78 is 5.02. The summed E-state index contributed by atoms with van der Waals surface area (Å²) in [5, 5.41) is 11.4. The SMILES string of the molecule is CC(C)(C)OC(=O)N[C@@H](C[C]1[CH][CH][CH][CH]1)C(=O)O. The molecule has 1 aliphatic carbocycles. The Hall–Kier alpha value is -1.26. The second-order valence-electron chi connectivity index (χ2n) is 5.03. The van der Waals surface area contributed by atoms with Crippen LogP contribution in [-0.4, -0.2) is 28.8 Å². The summed E-state index contributed by atoms with van der Waals surface area (Å²) >= 11 is 0. The number of nitrogens with one attached hydrogen (secondary N) is 1. The zero-order valence-electron chi connectivity index (χ0n) is 10.8. The van der Waals surface area contributed by atoms with Gasteiger partial charge in [0, 0.05) is 0 Å². The molecule has 0 saturated heterocycles. The molecule has 18 heavy (non-hydrogen) atoms. The molecular weight excluding hydrogens is 234 g/mol. The van der Waals surface area contributed by atoms with Crippen LogP contribution in [0.2, 0.25) is 0 Å². The van der Waals surface area contributed by atoms with Crippen molar-refractivity contribution in [3.8, 4) is 0 Å². The second kappa shape index (κ2) is 6.07. The number of alkyl carbamates (subject to hydrolysis) is 1. The van der Waals surface area contributed by atoms with Gasteiger partial charge in [-0.3, -0.25) is 0 Å². The van der Waals surface area contributed by atoms with Crippen LogP contribution in [0.25, 0.3) is 0 Å². The number of amides is 1. The van der Waals surface area contributed by atoms with E-state index in [1.54, 1.807) is 20.8 Å². The number of carbonyl (C=O) groups excluding carboxylic acids is 1. The quantitative estimate of drug-likeness (QED) is 0.799. The van der Waals surface area contributed by atoms with Gasteiger partial charge in [0.05, 0.1) is 0 Å². The number of hydrogen-bond acceptors (Lipinski definition) is 3. The van der Waals surface area contributed by atoms with Gasteiger partial charge in [0.2, 0.25) is 0 Å². The molecule has 1 fully saturated rings. The molecular formula is C13H18NO4. The highest BCUT2D eigenvalue weighted by atomic mass is 16.6. The Morgan fingerprint density at radius 2 is 1.89 bits per heavy atom. The van der Waals surface area contributed by atoms with Crippen LogP contribution in [0.4, 0.5) is 4.79 Å². The van der Waals surface area contributed by atoms with Gasteiger partial charge in [0.15, 0.2) is 0 Å². The molecule has 1 aliphatic rings. The van der Waals surface area contributed by atoms with E-state index in [4.69, 9.17) is 9.84 Å². The molecule has 0 spiro atoms. The number of carbonyl (C=O) groups is 2. The van der Waals surface area contributed by atoms with Crippen LogP contribution in [0.15, 0.2) is 0 Å². The van der Waals surface area contributed by atoms with E-state index in [9.17, 15) is 9.59 Å². The largest absolute Gasteiger partial charge is 0.480 e. The Labute approximate surface area is 108 Å². The Balaban J connectivity index is 2.46. The Morgan fingerprint density at radius 3 is 2.33 bits per heavy atom. The first-order valence-electron chi connectivity index (χ1n) is 5.71. The molecule has 0 bridgehead atoms. The van der Waals surface area contributed by atoms with E-state index in [1.165, 1.54) is 0 Å². The lowest BCUT2D eigenvalue weighted by molar-refractivity contribution is -0.139. The topological polar surface area (TPSA) is 75.6 Å². The van der Waals surface area contributed by atoms with Crippen LogP contribution in [0.5, 0.6) is 0 Å². The van der Waals surface area contributed by atoms with Gasteiger partial charge in [-0.05, 0) is 58.8 Å². The Bertz CT molecular complexity index is 303. The van der Waals surface area contributed by atoms with Gasteiger partial charge < -0.3 is 15.2 Å². The lowest BCUT2D eigenvalue weighted by Crippen LogP contribution is -2.44. The second-order valence-corrected chi connectivity index (χ2v) is 5.03.